The highest BCUT2D eigenvalue weighted by Gasteiger charge is 2.24. The summed E-state index contributed by atoms with van der Waals surface area (Å²) in [6, 6.07) is 31.3. The number of aliphatic hydroxyl groups excluding tert-OH is 1. The van der Waals surface area contributed by atoms with Gasteiger partial charge in [-0.05, 0) is 78.9 Å². The number of hydrogen-bond acceptors (Lipinski definition) is 16. The third kappa shape index (κ3) is 12.0. The SMILES string of the molecule is COC(=O)c1ccc2c(c1)[nH]c1nc(Cc3ccc(C4CCCCN4CCCNc4nc(Cc5ccccc5)nc5[nH]c6cc(-c7nnn(C)n7)ccc6c45)cc3)nc(NCCCNCCOCCOCCO)c12. The summed E-state index contributed by atoms with van der Waals surface area (Å²) in [6.07, 6.45) is 6.48. The number of anilines is 2. The molecule has 0 saturated carbocycles. The maximum Gasteiger partial charge on any atom is 0.337 e. The zero-order valence-electron chi connectivity index (χ0n) is 42.1. The first-order chi connectivity index (χ1) is 36.4. The van der Waals surface area contributed by atoms with Crippen LogP contribution in [0.25, 0.3) is 55.3 Å². The van der Waals surface area contributed by atoms with Crippen LogP contribution in [0.5, 0.6) is 0 Å². The zero-order valence-corrected chi connectivity index (χ0v) is 42.1. The number of piperidine rings is 1. The number of benzene rings is 4. The smallest absolute Gasteiger partial charge is 0.337 e. The van der Waals surface area contributed by atoms with Gasteiger partial charge in [0.25, 0.3) is 0 Å². The Morgan fingerprint density at radius 2 is 1.41 bits per heavy atom. The van der Waals surface area contributed by atoms with Gasteiger partial charge < -0.3 is 45.2 Å². The van der Waals surface area contributed by atoms with Gasteiger partial charge in [0.1, 0.15) is 34.6 Å². The van der Waals surface area contributed by atoms with Gasteiger partial charge in [-0.15, -0.1) is 10.2 Å². The van der Waals surface area contributed by atoms with Gasteiger partial charge in [-0.1, -0.05) is 79.2 Å². The normalized spacial score (nSPS) is 14.2. The van der Waals surface area contributed by atoms with Crippen molar-refractivity contribution in [2.45, 2.75) is 51.0 Å². The lowest BCUT2D eigenvalue weighted by Crippen LogP contribution is -2.34. The number of H-pyrrole nitrogens is 2. The number of likely N-dealkylation sites (tertiary alicyclic amines) is 1. The van der Waals surface area contributed by atoms with Crippen LogP contribution in [0.15, 0.2) is 91.0 Å². The highest BCUT2D eigenvalue weighted by Crippen LogP contribution is 2.35. The predicted molar refractivity (Wildman–Crippen MR) is 286 cm³/mol. The van der Waals surface area contributed by atoms with Crippen molar-refractivity contribution in [3.8, 4) is 11.4 Å². The van der Waals surface area contributed by atoms with Gasteiger partial charge in [0.15, 0.2) is 0 Å². The van der Waals surface area contributed by atoms with Crippen LogP contribution in [0.4, 0.5) is 11.6 Å². The number of aryl methyl sites for hydroxylation is 1. The van der Waals surface area contributed by atoms with E-state index in [4.69, 9.17) is 39.3 Å². The Morgan fingerprint density at radius 1 is 0.730 bits per heavy atom. The second-order valence-electron chi connectivity index (χ2n) is 18.7. The van der Waals surface area contributed by atoms with E-state index in [9.17, 15) is 4.79 Å². The molecule has 0 aliphatic carbocycles. The molecule has 384 valence electrons. The van der Waals surface area contributed by atoms with Crippen LogP contribution in [0.3, 0.4) is 0 Å². The summed E-state index contributed by atoms with van der Waals surface area (Å²) < 4.78 is 15.8. The summed E-state index contributed by atoms with van der Waals surface area (Å²) in [4.78, 5) is 43.8. The second-order valence-corrected chi connectivity index (χ2v) is 18.7. The Kier molecular flexibility index (Phi) is 16.3. The van der Waals surface area contributed by atoms with E-state index in [1.165, 1.54) is 30.3 Å². The van der Waals surface area contributed by atoms with Crippen molar-refractivity contribution in [3.63, 3.8) is 0 Å². The molecule has 5 aromatic heterocycles. The predicted octanol–water partition coefficient (Wildman–Crippen LogP) is 7.14. The number of aliphatic hydroxyl groups is 1. The van der Waals surface area contributed by atoms with Crippen LogP contribution in [0.2, 0.25) is 0 Å². The van der Waals surface area contributed by atoms with Crippen molar-refractivity contribution in [1.82, 2.24) is 60.3 Å². The summed E-state index contributed by atoms with van der Waals surface area (Å²) in [5.74, 6) is 3.20. The fourth-order valence-electron chi connectivity index (χ4n) is 9.91. The van der Waals surface area contributed by atoms with E-state index in [2.05, 4.69) is 94.8 Å². The third-order valence-corrected chi connectivity index (χ3v) is 13.5. The molecular weight excluding hydrogens is 937 g/mol. The molecule has 0 bridgehead atoms. The van der Waals surface area contributed by atoms with E-state index in [-0.39, 0.29) is 6.61 Å². The number of hydrogen-bond donors (Lipinski definition) is 6. The maximum atomic E-state index is 12.4. The molecule has 9 aromatic rings. The molecule has 1 fully saturated rings. The maximum absolute atomic E-state index is 12.4. The number of rotatable bonds is 25. The van der Waals surface area contributed by atoms with E-state index in [1.807, 2.05) is 30.3 Å². The van der Waals surface area contributed by atoms with E-state index >= 15 is 0 Å². The lowest BCUT2D eigenvalue weighted by molar-refractivity contribution is 0.0340. The van der Waals surface area contributed by atoms with Crippen molar-refractivity contribution in [1.29, 1.82) is 0 Å². The van der Waals surface area contributed by atoms with Crippen LogP contribution in [0, 0.1) is 0 Å². The average molecular weight is 1000 g/mol. The van der Waals surface area contributed by atoms with Crippen molar-refractivity contribution in [2.24, 2.45) is 7.05 Å². The summed E-state index contributed by atoms with van der Waals surface area (Å²) in [5.41, 5.74) is 8.18. The summed E-state index contributed by atoms with van der Waals surface area (Å²) in [7, 11) is 3.15. The van der Waals surface area contributed by atoms with Gasteiger partial charge in [-0.3, -0.25) is 4.90 Å². The fourth-order valence-corrected chi connectivity index (χ4v) is 9.91. The second kappa shape index (κ2) is 24.1. The van der Waals surface area contributed by atoms with E-state index in [1.54, 1.807) is 19.2 Å². The van der Waals surface area contributed by atoms with Crippen LogP contribution in [-0.4, -0.2) is 145 Å². The minimum atomic E-state index is -0.395. The molecule has 4 aromatic carbocycles. The molecule has 0 spiro atoms. The number of carbonyl (C=O) groups is 1. The number of fused-ring (bicyclic) bond motifs is 6. The standard InChI is InChI=1S/C55H64N14O5/c1-68-66-50(65-67-68)39-17-19-41-43(34-39)59-53-48(41)52(61-46(63-53)32-36-10-4-3-5-11-36)58-23-9-26-69-25-7-6-12-45(69)38-15-13-37(14-16-38)33-47-62-51(57-22-8-21-56-24-28-73-30-31-74-29-27-70)49-42-20-18-40(55(71)72-2)35-44(42)60-54(49)64-47/h3-5,10-11,13-20,34-35,45,56,70H,6-9,12,21-33H2,1-2H3,(H2,57,60,62,64)(H2,58,59,61,63). The number of methoxy groups -OCH3 is 1. The Bertz CT molecular complexity index is 3300. The quantitative estimate of drug-likeness (QED) is 0.0247. The monoisotopic (exact) mass is 1000 g/mol. The molecule has 6 heterocycles. The lowest BCUT2D eigenvalue weighted by Gasteiger charge is -2.36. The highest BCUT2D eigenvalue weighted by atomic mass is 16.5. The van der Waals surface area contributed by atoms with Crippen molar-refractivity contribution in [2.75, 3.05) is 90.0 Å². The molecule has 0 radical (unpaired) electrons. The molecule has 1 aliphatic heterocycles. The molecule has 1 saturated heterocycles. The van der Waals surface area contributed by atoms with Crippen molar-refractivity contribution >= 4 is 61.5 Å². The third-order valence-electron chi connectivity index (χ3n) is 13.5. The molecule has 74 heavy (non-hydrogen) atoms. The number of tetrazole rings is 1. The molecule has 19 heteroatoms. The van der Waals surface area contributed by atoms with Crippen molar-refractivity contribution < 1.29 is 24.1 Å². The minimum Gasteiger partial charge on any atom is -0.465 e. The van der Waals surface area contributed by atoms with E-state index in [0.717, 1.165) is 124 Å². The molecule has 1 unspecified atom stereocenters. The Hall–Kier alpha value is -7.42. The number of ether oxygens (including phenoxy) is 3. The number of esters is 1. The van der Waals surface area contributed by atoms with Crippen molar-refractivity contribution in [3.05, 3.63) is 125 Å². The average Bonchev–Trinajstić information content (AvgIpc) is 4.15. The van der Waals surface area contributed by atoms with Gasteiger partial charge in [0, 0.05) is 72.4 Å². The first-order valence-electron chi connectivity index (χ1n) is 25.7. The van der Waals surface area contributed by atoms with Crippen LogP contribution >= 0.6 is 0 Å². The largest absolute Gasteiger partial charge is 0.465 e. The lowest BCUT2D eigenvalue weighted by atomic mass is 9.94. The molecule has 10 rings (SSSR count). The van der Waals surface area contributed by atoms with Gasteiger partial charge in [-0.2, -0.15) is 4.80 Å². The Labute approximate surface area is 428 Å². The number of carbonyl (C=O) groups excluding carboxylic acids is 1. The van der Waals surface area contributed by atoms with Gasteiger partial charge in [0.05, 0.1) is 63.5 Å². The van der Waals surface area contributed by atoms with Crippen LogP contribution in [0.1, 0.15) is 76.8 Å². The first-order valence-corrected chi connectivity index (χ1v) is 25.7. The highest BCUT2D eigenvalue weighted by molar-refractivity contribution is 6.13. The summed E-state index contributed by atoms with van der Waals surface area (Å²) in [6.45, 7) is 6.88. The van der Waals surface area contributed by atoms with Crippen LogP contribution < -0.4 is 16.0 Å². The number of aromatic nitrogens is 10. The van der Waals surface area contributed by atoms with Gasteiger partial charge >= 0.3 is 5.97 Å². The molecule has 1 aliphatic rings. The molecule has 19 nitrogen and oxygen atoms in total. The molecule has 6 N–H and O–H groups in total. The minimum absolute atomic E-state index is 0.0136. The first kappa shape index (κ1) is 50.1. The molecule has 0 amide bonds. The number of nitrogens with one attached hydrogen (secondary N) is 5. The van der Waals surface area contributed by atoms with Gasteiger partial charge in [-0.25, -0.2) is 24.7 Å². The molecule has 1 atom stereocenters. The summed E-state index contributed by atoms with van der Waals surface area (Å²) >= 11 is 0. The molecular formula is C55H64N14O5. The number of aromatic amines is 2. The number of nitrogens with zero attached hydrogens (tertiary/aromatic N) is 9. The summed E-state index contributed by atoms with van der Waals surface area (Å²) in [5, 5.41) is 36.1. The fraction of sp³-hybridized carbons (Fsp3) is 0.382. The topological polar surface area (TPSA) is 231 Å². The zero-order chi connectivity index (χ0) is 50.6. The Balaban J connectivity index is 0.797. The van der Waals surface area contributed by atoms with E-state index in [0.29, 0.717) is 74.7 Å². The van der Waals surface area contributed by atoms with E-state index < -0.39 is 5.97 Å². The Morgan fingerprint density at radius 3 is 2.09 bits per heavy atom. The van der Waals surface area contributed by atoms with Crippen LogP contribution in [-0.2, 0) is 34.1 Å². The van der Waals surface area contributed by atoms with Gasteiger partial charge in [0.2, 0.25) is 5.82 Å².